The number of hydrogen-bond acceptors (Lipinski definition) is 2. The van der Waals surface area contributed by atoms with Crippen LogP contribution in [-0.4, -0.2) is 29.9 Å². The van der Waals surface area contributed by atoms with Gasteiger partial charge in [0, 0.05) is 25.0 Å². The molecule has 1 unspecified atom stereocenters. The zero-order valence-electron chi connectivity index (χ0n) is 12.9. The Hall–Kier alpha value is -0.280. The van der Waals surface area contributed by atoms with E-state index >= 15 is 0 Å². The van der Waals surface area contributed by atoms with E-state index in [2.05, 4.69) is 11.8 Å². The number of piperidine rings is 1. The molecule has 2 aliphatic rings. The zero-order chi connectivity index (χ0) is 13.7. The Morgan fingerprint density at radius 3 is 2.00 bits per heavy atom. The molecule has 1 saturated heterocycles. The third kappa shape index (κ3) is 4.92. The van der Waals surface area contributed by atoms with Gasteiger partial charge in [-0.05, 0) is 38.5 Å². The highest BCUT2D eigenvalue weighted by Gasteiger charge is 2.29. The fraction of sp³-hybridized carbons (Fsp3) is 0.938. The van der Waals surface area contributed by atoms with Crippen LogP contribution in [0.1, 0.15) is 64.7 Å². The summed E-state index contributed by atoms with van der Waals surface area (Å²) >= 11 is 0. The largest absolute Gasteiger partial charge is 0.342 e. The molecule has 2 fully saturated rings. The molecule has 0 aromatic heterocycles. The summed E-state index contributed by atoms with van der Waals surface area (Å²) in [5.41, 5.74) is 5.97. The highest BCUT2D eigenvalue weighted by Crippen LogP contribution is 2.26. The minimum absolute atomic E-state index is 0. The lowest BCUT2D eigenvalue weighted by Gasteiger charge is -2.36. The van der Waals surface area contributed by atoms with Crippen molar-refractivity contribution >= 4 is 18.3 Å². The van der Waals surface area contributed by atoms with Crippen LogP contribution in [0.2, 0.25) is 0 Å². The predicted octanol–water partition coefficient (Wildman–Crippen LogP) is 3.35. The Balaban J connectivity index is 0.00000200. The Bertz CT molecular complexity index is 280. The van der Waals surface area contributed by atoms with E-state index in [0.29, 0.717) is 17.7 Å². The van der Waals surface area contributed by atoms with E-state index in [9.17, 15) is 4.79 Å². The van der Waals surface area contributed by atoms with Gasteiger partial charge in [-0.2, -0.15) is 0 Å². The van der Waals surface area contributed by atoms with Gasteiger partial charge in [-0.15, -0.1) is 12.4 Å². The van der Waals surface area contributed by atoms with E-state index in [1.165, 1.54) is 32.1 Å². The van der Waals surface area contributed by atoms with E-state index in [1.54, 1.807) is 0 Å². The van der Waals surface area contributed by atoms with E-state index < -0.39 is 0 Å². The van der Waals surface area contributed by atoms with Gasteiger partial charge in [0.1, 0.15) is 0 Å². The van der Waals surface area contributed by atoms with Gasteiger partial charge in [0.05, 0.1) is 0 Å². The van der Waals surface area contributed by atoms with Crippen LogP contribution in [0.15, 0.2) is 0 Å². The molecule has 0 aromatic rings. The molecule has 1 aliphatic heterocycles. The van der Waals surface area contributed by atoms with Crippen LogP contribution < -0.4 is 5.73 Å². The fourth-order valence-electron chi connectivity index (χ4n) is 3.61. The normalized spacial score (nSPS) is 24.4. The summed E-state index contributed by atoms with van der Waals surface area (Å²) in [4.78, 5) is 14.7. The summed E-state index contributed by atoms with van der Waals surface area (Å²) in [5.74, 6) is 1.36. The van der Waals surface area contributed by atoms with Gasteiger partial charge in [-0.1, -0.05) is 32.1 Å². The monoisotopic (exact) mass is 302 g/mol. The van der Waals surface area contributed by atoms with Crippen LogP contribution >= 0.6 is 12.4 Å². The molecule has 0 bridgehead atoms. The molecule has 1 atom stereocenters. The lowest BCUT2D eigenvalue weighted by atomic mass is 9.87. The van der Waals surface area contributed by atoms with Gasteiger partial charge in [-0.25, -0.2) is 0 Å². The minimum Gasteiger partial charge on any atom is -0.342 e. The smallest absolute Gasteiger partial charge is 0.225 e. The molecular weight excluding hydrogens is 272 g/mol. The van der Waals surface area contributed by atoms with E-state index in [-0.39, 0.29) is 18.4 Å². The lowest BCUT2D eigenvalue weighted by molar-refractivity contribution is -0.137. The molecular formula is C16H31ClN2O. The molecule has 2 rings (SSSR count). The van der Waals surface area contributed by atoms with Crippen LogP contribution in [0.3, 0.4) is 0 Å². The van der Waals surface area contributed by atoms with Crippen molar-refractivity contribution < 1.29 is 4.79 Å². The van der Waals surface area contributed by atoms with Crippen LogP contribution in [0.4, 0.5) is 0 Å². The number of carbonyl (C=O) groups excluding carboxylic acids is 1. The number of halogens is 1. The number of amides is 1. The lowest BCUT2D eigenvalue weighted by Crippen LogP contribution is -2.44. The standard InChI is InChI=1S/C16H30N2O.ClH/c1-13(17)14-9-11-18(12-10-14)16(19)15-7-5-3-2-4-6-8-15;/h13-15H,2-12,17H2,1H3;1H. The summed E-state index contributed by atoms with van der Waals surface area (Å²) in [7, 11) is 0. The number of nitrogens with zero attached hydrogens (tertiary/aromatic N) is 1. The van der Waals surface area contributed by atoms with Crippen LogP contribution in [0.25, 0.3) is 0 Å². The second-order valence-corrected chi connectivity index (χ2v) is 6.56. The summed E-state index contributed by atoms with van der Waals surface area (Å²) < 4.78 is 0. The van der Waals surface area contributed by atoms with E-state index in [4.69, 9.17) is 5.73 Å². The van der Waals surface area contributed by atoms with Crippen LogP contribution in [0, 0.1) is 11.8 Å². The molecule has 1 amide bonds. The zero-order valence-corrected chi connectivity index (χ0v) is 13.7. The SMILES string of the molecule is CC(N)C1CCN(C(=O)C2CCCCCCC2)CC1.Cl. The first-order valence-corrected chi connectivity index (χ1v) is 8.23. The topological polar surface area (TPSA) is 46.3 Å². The number of hydrogen-bond donors (Lipinski definition) is 1. The van der Waals surface area contributed by atoms with Gasteiger partial charge in [0.25, 0.3) is 0 Å². The van der Waals surface area contributed by atoms with Gasteiger partial charge in [0.2, 0.25) is 5.91 Å². The molecule has 1 aliphatic carbocycles. The van der Waals surface area contributed by atoms with E-state index in [0.717, 1.165) is 38.8 Å². The van der Waals surface area contributed by atoms with Crippen molar-refractivity contribution in [1.29, 1.82) is 0 Å². The summed E-state index contributed by atoms with van der Waals surface area (Å²) in [6.45, 7) is 3.96. The van der Waals surface area contributed by atoms with Crippen molar-refractivity contribution in [2.75, 3.05) is 13.1 Å². The van der Waals surface area contributed by atoms with Gasteiger partial charge in [-0.3, -0.25) is 4.79 Å². The fourth-order valence-corrected chi connectivity index (χ4v) is 3.61. The van der Waals surface area contributed by atoms with Crippen molar-refractivity contribution in [2.24, 2.45) is 17.6 Å². The Kier molecular flexibility index (Phi) is 7.90. The van der Waals surface area contributed by atoms with Crippen molar-refractivity contribution in [3.63, 3.8) is 0 Å². The van der Waals surface area contributed by atoms with Crippen molar-refractivity contribution in [3.8, 4) is 0 Å². The average molecular weight is 303 g/mol. The molecule has 118 valence electrons. The molecule has 20 heavy (non-hydrogen) atoms. The molecule has 0 spiro atoms. The summed E-state index contributed by atoms with van der Waals surface area (Å²) in [6.07, 6.45) is 10.9. The second kappa shape index (κ2) is 8.89. The average Bonchev–Trinajstić information content (AvgIpc) is 2.38. The highest BCUT2D eigenvalue weighted by atomic mass is 35.5. The molecule has 2 N–H and O–H groups in total. The Morgan fingerprint density at radius 2 is 1.50 bits per heavy atom. The van der Waals surface area contributed by atoms with Crippen LogP contribution in [-0.2, 0) is 4.79 Å². The minimum atomic E-state index is 0. The Labute approximate surface area is 130 Å². The van der Waals surface area contributed by atoms with Crippen molar-refractivity contribution in [1.82, 2.24) is 4.90 Å². The van der Waals surface area contributed by atoms with E-state index in [1.807, 2.05) is 0 Å². The first-order chi connectivity index (χ1) is 9.18. The number of carbonyl (C=O) groups is 1. The first-order valence-electron chi connectivity index (χ1n) is 8.23. The van der Waals surface area contributed by atoms with Crippen LogP contribution in [0.5, 0.6) is 0 Å². The van der Waals surface area contributed by atoms with Gasteiger partial charge in [0.15, 0.2) is 0 Å². The first kappa shape index (κ1) is 17.8. The highest BCUT2D eigenvalue weighted by molar-refractivity contribution is 5.85. The molecule has 1 heterocycles. The quantitative estimate of drug-likeness (QED) is 0.850. The number of rotatable bonds is 2. The Morgan fingerprint density at radius 1 is 1.00 bits per heavy atom. The maximum atomic E-state index is 12.6. The molecule has 0 radical (unpaired) electrons. The second-order valence-electron chi connectivity index (χ2n) is 6.56. The molecule has 1 saturated carbocycles. The summed E-state index contributed by atoms with van der Waals surface area (Å²) in [6, 6.07) is 0.277. The van der Waals surface area contributed by atoms with Crippen molar-refractivity contribution in [3.05, 3.63) is 0 Å². The number of likely N-dealkylation sites (tertiary alicyclic amines) is 1. The predicted molar refractivity (Wildman–Crippen MR) is 86.0 cm³/mol. The third-order valence-corrected chi connectivity index (χ3v) is 5.05. The summed E-state index contributed by atoms with van der Waals surface area (Å²) in [5, 5.41) is 0. The maximum Gasteiger partial charge on any atom is 0.225 e. The van der Waals surface area contributed by atoms with Gasteiger partial charge < -0.3 is 10.6 Å². The van der Waals surface area contributed by atoms with Gasteiger partial charge >= 0.3 is 0 Å². The maximum absolute atomic E-state index is 12.6. The third-order valence-electron chi connectivity index (χ3n) is 5.05. The van der Waals surface area contributed by atoms with Crippen molar-refractivity contribution in [2.45, 2.75) is 70.8 Å². The molecule has 4 heteroatoms. The molecule has 0 aromatic carbocycles. The molecule has 3 nitrogen and oxygen atoms in total. The number of nitrogens with two attached hydrogens (primary N) is 1.